The van der Waals surface area contributed by atoms with Crippen molar-refractivity contribution in [1.29, 1.82) is 0 Å². The van der Waals surface area contributed by atoms with Gasteiger partial charge in [0.15, 0.2) is 0 Å². The molecule has 19 heavy (non-hydrogen) atoms. The number of pyridine rings is 1. The van der Waals surface area contributed by atoms with Crippen LogP contribution in [0.4, 0.5) is 0 Å². The fourth-order valence-corrected chi connectivity index (χ4v) is 2.04. The average molecular weight is 256 g/mol. The molecule has 1 aromatic carbocycles. The lowest BCUT2D eigenvalue weighted by atomic mass is 10.1. The van der Waals surface area contributed by atoms with Crippen LogP contribution in [0.1, 0.15) is 16.8 Å². The highest BCUT2D eigenvalue weighted by Gasteiger charge is 2.05. The van der Waals surface area contributed by atoms with E-state index in [1.165, 1.54) is 5.56 Å². The molecule has 0 spiro atoms. The van der Waals surface area contributed by atoms with E-state index in [1.54, 1.807) is 6.20 Å². The van der Waals surface area contributed by atoms with E-state index in [0.29, 0.717) is 13.0 Å². The van der Waals surface area contributed by atoms with E-state index in [1.807, 2.05) is 43.3 Å². The van der Waals surface area contributed by atoms with E-state index in [2.05, 4.69) is 16.4 Å². The van der Waals surface area contributed by atoms with E-state index >= 15 is 0 Å². The summed E-state index contributed by atoms with van der Waals surface area (Å²) in [6.45, 7) is 3.33. The molecule has 0 saturated carbocycles. The molecular weight excluding hydrogens is 236 g/mol. The number of rotatable bonds is 6. The summed E-state index contributed by atoms with van der Waals surface area (Å²) in [4.78, 5) is 4.24. The molecule has 0 aliphatic rings. The third-order valence-corrected chi connectivity index (χ3v) is 3.13. The summed E-state index contributed by atoms with van der Waals surface area (Å²) >= 11 is 0. The van der Waals surface area contributed by atoms with Gasteiger partial charge in [0, 0.05) is 25.0 Å². The normalized spacial score (nSPS) is 12.3. The second kappa shape index (κ2) is 7.02. The van der Waals surface area contributed by atoms with Crippen molar-refractivity contribution in [2.24, 2.45) is 0 Å². The van der Waals surface area contributed by atoms with Crippen molar-refractivity contribution in [1.82, 2.24) is 10.3 Å². The van der Waals surface area contributed by atoms with Crippen LogP contribution in [-0.4, -0.2) is 22.7 Å². The lowest BCUT2D eigenvalue weighted by Gasteiger charge is -2.12. The summed E-state index contributed by atoms with van der Waals surface area (Å²) < 4.78 is 0. The molecule has 0 radical (unpaired) electrons. The van der Waals surface area contributed by atoms with E-state index in [-0.39, 0.29) is 6.10 Å². The van der Waals surface area contributed by atoms with Crippen molar-refractivity contribution in [2.45, 2.75) is 26.0 Å². The van der Waals surface area contributed by atoms with Crippen molar-refractivity contribution in [3.05, 3.63) is 65.5 Å². The maximum absolute atomic E-state index is 9.97. The lowest BCUT2D eigenvalue weighted by Crippen LogP contribution is -2.28. The van der Waals surface area contributed by atoms with E-state index in [4.69, 9.17) is 0 Å². The number of hydrogen-bond acceptors (Lipinski definition) is 3. The molecule has 0 bridgehead atoms. The Hall–Kier alpha value is -1.71. The predicted octanol–water partition coefficient (Wildman–Crippen LogP) is 2.08. The zero-order valence-corrected chi connectivity index (χ0v) is 11.2. The van der Waals surface area contributed by atoms with Gasteiger partial charge in [0.05, 0.1) is 6.10 Å². The first-order valence-corrected chi connectivity index (χ1v) is 6.59. The molecule has 2 N–H and O–H groups in total. The fourth-order valence-electron chi connectivity index (χ4n) is 2.04. The predicted molar refractivity (Wildman–Crippen MR) is 76.8 cm³/mol. The first-order chi connectivity index (χ1) is 9.25. The quantitative estimate of drug-likeness (QED) is 0.832. The van der Waals surface area contributed by atoms with Gasteiger partial charge in [-0.15, -0.1) is 0 Å². The van der Waals surface area contributed by atoms with Gasteiger partial charge in [-0.1, -0.05) is 36.4 Å². The molecular formula is C16H20N2O. The third kappa shape index (κ3) is 4.47. The molecule has 1 atom stereocenters. The molecule has 100 valence electrons. The summed E-state index contributed by atoms with van der Waals surface area (Å²) in [5, 5.41) is 13.2. The number of aliphatic hydroxyl groups excluding tert-OH is 1. The van der Waals surface area contributed by atoms with Gasteiger partial charge in [0.2, 0.25) is 0 Å². The monoisotopic (exact) mass is 256 g/mol. The topological polar surface area (TPSA) is 45.2 Å². The molecule has 3 nitrogen and oxygen atoms in total. The van der Waals surface area contributed by atoms with Crippen LogP contribution in [0.15, 0.2) is 48.7 Å². The Morgan fingerprint density at radius 3 is 2.68 bits per heavy atom. The average Bonchev–Trinajstić information content (AvgIpc) is 2.42. The maximum Gasteiger partial charge on any atom is 0.0704 e. The zero-order valence-electron chi connectivity index (χ0n) is 11.2. The first-order valence-electron chi connectivity index (χ1n) is 6.59. The number of hydrogen-bond donors (Lipinski definition) is 2. The first kappa shape index (κ1) is 13.7. The minimum absolute atomic E-state index is 0.362. The van der Waals surface area contributed by atoms with Crippen LogP contribution in [0.3, 0.4) is 0 Å². The number of benzene rings is 1. The van der Waals surface area contributed by atoms with Crippen LogP contribution in [-0.2, 0) is 13.0 Å². The van der Waals surface area contributed by atoms with Gasteiger partial charge in [0.25, 0.3) is 0 Å². The zero-order chi connectivity index (χ0) is 13.5. The van der Waals surface area contributed by atoms with Crippen LogP contribution >= 0.6 is 0 Å². The summed E-state index contributed by atoms with van der Waals surface area (Å²) in [5.41, 5.74) is 3.37. The minimum atomic E-state index is -0.362. The number of nitrogens with one attached hydrogen (secondary N) is 1. The fraction of sp³-hybridized carbons (Fsp3) is 0.312. The molecule has 3 heteroatoms. The Labute approximate surface area is 114 Å². The number of aromatic nitrogens is 1. The molecule has 0 fully saturated rings. The molecule has 1 unspecified atom stereocenters. The SMILES string of the molecule is Cc1ncccc1CNCC(O)Cc1ccccc1. The standard InChI is InChI=1S/C16H20N2O/c1-13-15(8-5-9-18-13)11-17-12-16(19)10-14-6-3-2-4-7-14/h2-9,16-17,19H,10-12H2,1H3. The minimum Gasteiger partial charge on any atom is -0.391 e. The van der Waals surface area contributed by atoms with Gasteiger partial charge >= 0.3 is 0 Å². The van der Waals surface area contributed by atoms with Crippen LogP contribution in [0.2, 0.25) is 0 Å². The highest BCUT2D eigenvalue weighted by atomic mass is 16.3. The number of aliphatic hydroxyl groups is 1. The summed E-state index contributed by atoms with van der Waals surface area (Å²) in [6, 6.07) is 14.0. The highest BCUT2D eigenvalue weighted by molar-refractivity contribution is 5.18. The Bertz CT molecular complexity index is 499. The van der Waals surface area contributed by atoms with E-state index in [9.17, 15) is 5.11 Å². The Morgan fingerprint density at radius 2 is 1.95 bits per heavy atom. The molecule has 2 aromatic rings. The maximum atomic E-state index is 9.97. The molecule has 2 rings (SSSR count). The molecule has 0 saturated heterocycles. The van der Waals surface area contributed by atoms with Crippen molar-refractivity contribution < 1.29 is 5.11 Å². The van der Waals surface area contributed by atoms with Gasteiger partial charge in [-0.3, -0.25) is 4.98 Å². The second-order valence-corrected chi connectivity index (χ2v) is 4.72. The summed E-state index contributed by atoms with van der Waals surface area (Å²) in [5.74, 6) is 0. The van der Waals surface area contributed by atoms with Crippen LogP contribution in [0.25, 0.3) is 0 Å². The van der Waals surface area contributed by atoms with Crippen molar-refractivity contribution in [3.63, 3.8) is 0 Å². The van der Waals surface area contributed by atoms with E-state index in [0.717, 1.165) is 17.8 Å². The van der Waals surface area contributed by atoms with E-state index < -0.39 is 0 Å². The van der Waals surface area contributed by atoms with Crippen LogP contribution in [0.5, 0.6) is 0 Å². The van der Waals surface area contributed by atoms with Crippen molar-refractivity contribution >= 4 is 0 Å². The van der Waals surface area contributed by atoms with Gasteiger partial charge in [-0.2, -0.15) is 0 Å². The molecule has 0 aliphatic heterocycles. The summed E-state index contributed by atoms with van der Waals surface area (Å²) in [6.07, 6.45) is 2.11. The van der Waals surface area contributed by atoms with Gasteiger partial charge < -0.3 is 10.4 Å². The molecule has 1 aromatic heterocycles. The second-order valence-electron chi connectivity index (χ2n) is 4.72. The smallest absolute Gasteiger partial charge is 0.0704 e. The van der Waals surface area contributed by atoms with Crippen molar-refractivity contribution in [2.75, 3.05) is 6.54 Å². The van der Waals surface area contributed by atoms with Gasteiger partial charge in [-0.05, 0) is 30.5 Å². The Kier molecular flexibility index (Phi) is 5.07. The van der Waals surface area contributed by atoms with Crippen LogP contribution in [0, 0.1) is 6.92 Å². The summed E-state index contributed by atoms with van der Waals surface area (Å²) in [7, 11) is 0. The van der Waals surface area contributed by atoms with Gasteiger partial charge in [0.1, 0.15) is 0 Å². The largest absolute Gasteiger partial charge is 0.391 e. The molecule has 0 aliphatic carbocycles. The Morgan fingerprint density at radius 1 is 1.16 bits per heavy atom. The molecule has 0 amide bonds. The molecule has 1 heterocycles. The van der Waals surface area contributed by atoms with Crippen molar-refractivity contribution in [3.8, 4) is 0 Å². The Balaban J connectivity index is 1.75. The lowest BCUT2D eigenvalue weighted by molar-refractivity contribution is 0.171. The number of aryl methyl sites for hydroxylation is 1. The number of nitrogens with zero attached hydrogens (tertiary/aromatic N) is 1. The van der Waals surface area contributed by atoms with Gasteiger partial charge in [-0.25, -0.2) is 0 Å². The van der Waals surface area contributed by atoms with Crippen LogP contribution < -0.4 is 5.32 Å². The third-order valence-electron chi connectivity index (χ3n) is 3.13. The highest BCUT2D eigenvalue weighted by Crippen LogP contribution is 2.04.